The van der Waals surface area contributed by atoms with E-state index < -0.39 is 6.08 Å². The van der Waals surface area contributed by atoms with Crippen molar-refractivity contribution in [1.29, 1.82) is 0 Å². The first-order valence-corrected chi connectivity index (χ1v) is 2.48. The van der Waals surface area contributed by atoms with E-state index in [1.165, 1.54) is 12.4 Å². The molecule has 0 amide bonds. The average molecular weight is 127 g/mol. The number of halogens is 1. The van der Waals surface area contributed by atoms with Gasteiger partial charge in [-0.15, -0.1) is 0 Å². The summed E-state index contributed by atoms with van der Waals surface area (Å²) >= 11 is 0. The van der Waals surface area contributed by atoms with Gasteiger partial charge in [-0.3, -0.25) is 0 Å². The maximum Gasteiger partial charge on any atom is 0.308 e. The predicted molar refractivity (Wildman–Crippen MR) is 31.5 cm³/mol. The standard InChI is InChI=1S/C5H6FN3/c1-7-4-2-8-5(6)9-3-4/h2-3,7H,1H3. The van der Waals surface area contributed by atoms with Crippen LogP contribution in [-0.4, -0.2) is 17.0 Å². The van der Waals surface area contributed by atoms with Crippen LogP contribution >= 0.6 is 0 Å². The van der Waals surface area contributed by atoms with Crippen molar-refractivity contribution >= 4 is 5.69 Å². The zero-order chi connectivity index (χ0) is 6.69. The number of rotatable bonds is 1. The summed E-state index contributed by atoms with van der Waals surface area (Å²) in [5, 5.41) is 2.76. The lowest BCUT2D eigenvalue weighted by atomic mass is 10.5. The minimum Gasteiger partial charge on any atom is -0.386 e. The Labute approximate surface area is 52.0 Å². The lowest BCUT2D eigenvalue weighted by Gasteiger charge is -1.94. The maximum absolute atomic E-state index is 12.0. The van der Waals surface area contributed by atoms with E-state index in [9.17, 15) is 4.39 Å². The molecular weight excluding hydrogens is 121 g/mol. The zero-order valence-corrected chi connectivity index (χ0v) is 4.93. The summed E-state index contributed by atoms with van der Waals surface area (Å²) in [5.41, 5.74) is 0.705. The van der Waals surface area contributed by atoms with Crippen molar-refractivity contribution in [2.45, 2.75) is 0 Å². The molecule has 0 aliphatic rings. The van der Waals surface area contributed by atoms with Crippen molar-refractivity contribution in [3.8, 4) is 0 Å². The molecule has 1 heterocycles. The molecule has 0 aromatic carbocycles. The van der Waals surface area contributed by atoms with E-state index in [4.69, 9.17) is 0 Å². The van der Waals surface area contributed by atoms with E-state index in [0.717, 1.165) is 0 Å². The molecule has 48 valence electrons. The lowest BCUT2D eigenvalue weighted by molar-refractivity contribution is 0.539. The molecule has 1 aromatic rings. The summed E-state index contributed by atoms with van der Waals surface area (Å²) in [6.45, 7) is 0. The highest BCUT2D eigenvalue weighted by Gasteiger charge is 1.89. The molecule has 1 aromatic heterocycles. The molecule has 0 saturated carbocycles. The van der Waals surface area contributed by atoms with Gasteiger partial charge in [0.1, 0.15) is 0 Å². The van der Waals surface area contributed by atoms with Crippen LogP contribution in [0.5, 0.6) is 0 Å². The summed E-state index contributed by atoms with van der Waals surface area (Å²) in [6, 6.07) is 0. The number of nitrogens with one attached hydrogen (secondary N) is 1. The third-order valence-corrected chi connectivity index (χ3v) is 0.909. The largest absolute Gasteiger partial charge is 0.386 e. The van der Waals surface area contributed by atoms with Crippen molar-refractivity contribution in [1.82, 2.24) is 9.97 Å². The number of hydrogen-bond acceptors (Lipinski definition) is 3. The Morgan fingerprint density at radius 2 is 2.00 bits per heavy atom. The zero-order valence-electron chi connectivity index (χ0n) is 4.93. The fraction of sp³-hybridized carbons (Fsp3) is 0.200. The average Bonchev–Trinajstić information content (AvgIpc) is 1.90. The Kier molecular flexibility index (Phi) is 1.58. The highest BCUT2D eigenvalue weighted by molar-refractivity contribution is 5.35. The van der Waals surface area contributed by atoms with E-state index in [1.54, 1.807) is 7.05 Å². The maximum atomic E-state index is 12.0. The minimum atomic E-state index is -0.700. The summed E-state index contributed by atoms with van der Waals surface area (Å²) in [4.78, 5) is 6.62. The summed E-state index contributed by atoms with van der Waals surface area (Å²) in [6.07, 6.45) is 2.05. The van der Waals surface area contributed by atoms with Gasteiger partial charge in [0.25, 0.3) is 0 Å². The van der Waals surface area contributed by atoms with Gasteiger partial charge in [-0.05, 0) is 0 Å². The molecule has 0 radical (unpaired) electrons. The van der Waals surface area contributed by atoms with E-state index in [1.807, 2.05) is 0 Å². The summed E-state index contributed by atoms with van der Waals surface area (Å²) in [7, 11) is 1.72. The molecular formula is C5H6FN3. The van der Waals surface area contributed by atoms with Crippen LogP contribution in [0.1, 0.15) is 0 Å². The second-order valence-electron chi connectivity index (χ2n) is 1.49. The molecule has 0 saturated heterocycles. The van der Waals surface area contributed by atoms with Crippen LogP contribution in [0.25, 0.3) is 0 Å². The Bertz CT molecular complexity index is 184. The normalized spacial score (nSPS) is 9.11. The Hall–Kier alpha value is -1.19. The van der Waals surface area contributed by atoms with Gasteiger partial charge in [-0.2, -0.15) is 4.39 Å². The first-order valence-electron chi connectivity index (χ1n) is 2.48. The molecule has 0 aliphatic heterocycles. The first-order chi connectivity index (χ1) is 4.33. The first kappa shape index (κ1) is 5.94. The Balaban J connectivity index is 2.88. The van der Waals surface area contributed by atoms with Crippen LogP contribution < -0.4 is 5.32 Å². The van der Waals surface area contributed by atoms with Crippen molar-refractivity contribution in [3.05, 3.63) is 18.5 Å². The van der Waals surface area contributed by atoms with Crippen LogP contribution in [0.15, 0.2) is 12.4 Å². The highest BCUT2D eigenvalue weighted by Crippen LogP contribution is 1.98. The lowest BCUT2D eigenvalue weighted by Crippen LogP contribution is -1.92. The SMILES string of the molecule is CNc1cnc(F)nc1. The van der Waals surface area contributed by atoms with Crippen molar-refractivity contribution in [2.24, 2.45) is 0 Å². The monoisotopic (exact) mass is 127 g/mol. The molecule has 0 atom stereocenters. The van der Waals surface area contributed by atoms with E-state index in [2.05, 4.69) is 15.3 Å². The number of nitrogens with zero attached hydrogens (tertiary/aromatic N) is 2. The minimum absolute atomic E-state index is 0.700. The number of aromatic nitrogens is 2. The van der Waals surface area contributed by atoms with E-state index >= 15 is 0 Å². The van der Waals surface area contributed by atoms with Gasteiger partial charge in [0.05, 0.1) is 18.1 Å². The van der Waals surface area contributed by atoms with Crippen LogP contribution in [-0.2, 0) is 0 Å². The Morgan fingerprint density at radius 3 is 2.44 bits per heavy atom. The molecule has 0 fully saturated rings. The quantitative estimate of drug-likeness (QED) is 0.563. The molecule has 9 heavy (non-hydrogen) atoms. The molecule has 1 N–H and O–H groups in total. The van der Waals surface area contributed by atoms with E-state index in [-0.39, 0.29) is 0 Å². The fourth-order valence-corrected chi connectivity index (χ4v) is 0.441. The van der Waals surface area contributed by atoms with Crippen LogP contribution in [0.2, 0.25) is 0 Å². The van der Waals surface area contributed by atoms with Gasteiger partial charge in [-0.25, -0.2) is 9.97 Å². The molecule has 0 bridgehead atoms. The van der Waals surface area contributed by atoms with E-state index in [0.29, 0.717) is 5.69 Å². The van der Waals surface area contributed by atoms with Crippen molar-refractivity contribution in [2.75, 3.05) is 12.4 Å². The van der Waals surface area contributed by atoms with Gasteiger partial charge >= 0.3 is 6.08 Å². The van der Waals surface area contributed by atoms with Crippen molar-refractivity contribution in [3.63, 3.8) is 0 Å². The van der Waals surface area contributed by atoms with Gasteiger partial charge in [0.2, 0.25) is 0 Å². The fourth-order valence-electron chi connectivity index (χ4n) is 0.441. The van der Waals surface area contributed by atoms with Gasteiger partial charge in [0.15, 0.2) is 0 Å². The third-order valence-electron chi connectivity index (χ3n) is 0.909. The highest BCUT2D eigenvalue weighted by atomic mass is 19.1. The molecule has 0 spiro atoms. The van der Waals surface area contributed by atoms with Crippen LogP contribution in [0.3, 0.4) is 0 Å². The van der Waals surface area contributed by atoms with Crippen LogP contribution in [0.4, 0.5) is 10.1 Å². The second-order valence-corrected chi connectivity index (χ2v) is 1.49. The Morgan fingerprint density at radius 1 is 1.44 bits per heavy atom. The molecule has 0 unspecified atom stereocenters. The van der Waals surface area contributed by atoms with Gasteiger partial charge < -0.3 is 5.32 Å². The molecule has 4 heteroatoms. The van der Waals surface area contributed by atoms with Gasteiger partial charge in [0, 0.05) is 7.05 Å². The number of hydrogen-bond donors (Lipinski definition) is 1. The van der Waals surface area contributed by atoms with Crippen LogP contribution in [0, 0.1) is 6.08 Å². The van der Waals surface area contributed by atoms with Gasteiger partial charge in [-0.1, -0.05) is 0 Å². The number of anilines is 1. The molecule has 3 nitrogen and oxygen atoms in total. The summed E-state index contributed by atoms with van der Waals surface area (Å²) < 4.78 is 12.0. The topological polar surface area (TPSA) is 37.8 Å². The second kappa shape index (κ2) is 2.39. The predicted octanol–water partition coefficient (Wildman–Crippen LogP) is 0.657. The smallest absolute Gasteiger partial charge is 0.308 e. The van der Waals surface area contributed by atoms with Crippen molar-refractivity contribution < 1.29 is 4.39 Å². The molecule has 1 rings (SSSR count). The summed E-state index contributed by atoms with van der Waals surface area (Å²) in [5.74, 6) is 0. The molecule has 0 aliphatic carbocycles. The third kappa shape index (κ3) is 1.35.